The molecule has 25 heavy (non-hydrogen) atoms. The third kappa shape index (κ3) is 22.1. The number of hydrogen-bond acceptors (Lipinski definition) is 4. The summed E-state index contributed by atoms with van der Waals surface area (Å²) in [4.78, 5) is 11.4. The van der Waals surface area contributed by atoms with Crippen LogP contribution in [0.25, 0.3) is 0 Å². The molecule has 0 aromatic carbocycles. The second-order valence-electron chi connectivity index (χ2n) is 6.35. The minimum Gasteiger partial charge on any atom is -0.463 e. The van der Waals surface area contributed by atoms with Crippen molar-refractivity contribution >= 4 is 5.97 Å². The summed E-state index contributed by atoms with van der Waals surface area (Å²) in [6.45, 7) is 3.36. The fourth-order valence-electron chi connectivity index (χ4n) is 2.40. The Morgan fingerprint density at radius 3 is 2.00 bits per heavy atom. The van der Waals surface area contributed by atoms with Crippen molar-refractivity contribution in [3.8, 4) is 0 Å². The summed E-state index contributed by atoms with van der Waals surface area (Å²) in [5.41, 5.74) is 0. The molecule has 0 radical (unpaired) electrons. The topological polar surface area (TPSA) is 66.8 Å². The van der Waals surface area contributed by atoms with E-state index in [1.807, 2.05) is 0 Å². The average molecular weight is 365 g/mol. The van der Waals surface area contributed by atoms with E-state index >= 15 is 0 Å². The average Bonchev–Trinajstić information content (AvgIpc) is 2.59. The van der Waals surface area contributed by atoms with Gasteiger partial charge in [-0.2, -0.15) is 6.42 Å². The standard InChI is InChI=1S/C20H37O4.Na/c1-2-3-4-5-6-7-8-9-10-11-12-13-14-15-16-20(23)24-18-19(22)17-21;/h8-9,19,21-22H,1-7,10-18H2;/q-1;+1/b9-8-;. The quantitative estimate of drug-likeness (QED) is 0.134. The molecule has 5 heteroatoms. The second-order valence-corrected chi connectivity index (χ2v) is 6.35. The summed E-state index contributed by atoms with van der Waals surface area (Å²) >= 11 is 0. The van der Waals surface area contributed by atoms with Crippen LogP contribution in [-0.4, -0.2) is 35.5 Å². The predicted molar refractivity (Wildman–Crippen MR) is 98.6 cm³/mol. The fraction of sp³-hybridized carbons (Fsp3) is 0.800. The van der Waals surface area contributed by atoms with Crippen molar-refractivity contribution in [2.24, 2.45) is 0 Å². The Bertz CT molecular complexity index is 308. The van der Waals surface area contributed by atoms with E-state index in [0.29, 0.717) is 6.42 Å². The summed E-state index contributed by atoms with van der Waals surface area (Å²) in [6, 6.07) is 0. The van der Waals surface area contributed by atoms with E-state index < -0.39 is 6.10 Å². The van der Waals surface area contributed by atoms with Crippen LogP contribution in [0.5, 0.6) is 0 Å². The summed E-state index contributed by atoms with van der Waals surface area (Å²) in [6.07, 6.45) is 18.1. The van der Waals surface area contributed by atoms with E-state index in [1.54, 1.807) is 0 Å². The van der Waals surface area contributed by atoms with Crippen LogP contribution in [0.15, 0.2) is 12.2 Å². The zero-order valence-electron chi connectivity index (χ0n) is 16.3. The molecule has 142 valence electrons. The molecule has 1 atom stereocenters. The Morgan fingerprint density at radius 2 is 1.44 bits per heavy atom. The number of unbranched alkanes of at least 4 members (excludes halogenated alkanes) is 10. The van der Waals surface area contributed by atoms with E-state index in [9.17, 15) is 4.79 Å². The van der Waals surface area contributed by atoms with E-state index in [2.05, 4.69) is 19.1 Å². The molecule has 0 spiro atoms. The minimum absolute atomic E-state index is 0. The Morgan fingerprint density at radius 1 is 0.920 bits per heavy atom. The van der Waals surface area contributed by atoms with Gasteiger partial charge in [-0.1, -0.05) is 50.7 Å². The summed E-state index contributed by atoms with van der Waals surface area (Å²) in [5.74, 6) is -0.291. The van der Waals surface area contributed by atoms with Crippen LogP contribution in [-0.2, 0) is 9.53 Å². The Kier molecular flexibility index (Phi) is 24.3. The molecule has 0 saturated carbocycles. The van der Waals surface area contributed by atoms with Crippen LogP contribution in [0.1, 0.15) is 83.5 Å². The van der Waals surface area contributed by atoms with Crippen molar-refractivity contribution < 1.29 is 49.3 Å². The maximum absolute atomic E-state index is 11.4. The number of aliphatic hydroxyl groups is 2. The van der Waals surface area contributed by atoms with Crippen LogP contribution in [0, 0.1) is 6.92 Å². The number of aliphatic hydroxyl groups excluding tert-OH is 2. The van der Waals surface area contributed by atoms with Crippen molar-refractivity contribution in [3.63, 3.8) is 0 Å². The van der Waals surface area contributed by atoms with Gasteiger partial charge in [0.15, 0.2) is 0 Å². The first-order chi connectivity index (χ1) is 11.7. The molecule has 0 amide bonds. The number of carbonyl (C=O) groups is 1. The second kappa shape index (κ2) is 22.2. The zero-order valence-corrected chi connectivity index (χ0v) is 18.3. The largest absolute Gasteiger partial charge is 1.00 e. The molecule has 0 fully saturated rings. The number of esters is 1. The maximum atomic E-state index is 11.4. The van der Waals surface area contributed by atoms with Gasteiger partial charge in [0.2, 0.25) is 0 Å². The van der Waals surface area contributed by atoms with Crippen molar-refractivity contribution in [1.82, 2.24) is 0 Å². The number of carbonyl (C=O) groups excluding carboxylic acids is 1. The van der Waals surface area contributed by atoms with Gasteiger partial charge in [-0.25, -0.2) is 0 Å². The molecule has 0 aliphatic rings. The monoisotopic (exact) mass is 364 g/mol. The first kappa shape index (κ1) is 27.3. The third-order valence-corrected chi connectivity index (χ3v) is 3.94. The van der Waals surface area contributed by atoms with Crippen LogP contribution < -0.4 is 29.6 Å². The van der Waals surface area contributed by atoms with Crippen molar-refractivity contribution in [2.45, 2.75) is 89.6 Å². The molecule has 0 heterocycles. The first-order valence-corrected chi connectivity index (χ1v) is 9.59. The normalized spacial score (nSPS) is 12.1. The van der Waals surface area contributed by atoms with Gasteiger partial charge in [0.1, 0.15) is 12.7 Å². The van der Waals surface area contributed by atoms with Crippen LogP contribution in [0.4, 0.5) is 0 Å². The molecule has 0 bridgehead atoms. The number of ether oxygens (including phenoxy) is 1. The van der Waals surface area contributed by atoms with Crippen LogP contribution >= 0.6 is 0 Å². The van der Waals surface area contributed by atoms with E-state index in [-0.39, 0.29) is 48.7 Å². The van der Waals surface area contributed by atoms with Crippen molar-refractivity contribution in [1.29, 1.82) is 0 Å². The summed E-state index contributed by atoms with van der Waals surface area (Å²) in [7, 11) is 0. The minimum atomic E-state index is -0.962. The molecule has 1 unspecified atom stereocenters. The predicted octanol–water partition coefficient (Wildman–Crippen LogP) is 1.35. The molecular weight excluding hydrogens is 327 g/mol. The number of rotatable bonds is 17. The van der Waals surface area contributed by atoms with Gasteiger partial charge in [-0.05, 0) is 32.1 Å². The van der Waals surface area contributed by atoms with E-state index in [0.717, 1.165) is 32.1 Å². The molecule has 2 N–H and O–H groups in total. The smallest absolute Gasteiger partial charge is 0.463 e. The summed E-state index contributed by atoms with van der Waals surface area (Å²) < 4.78 is 4.85. The van der Waals surface area contributed by atoms with Gasteiger partial charge < -0.3 is 21.9 Å². The van der Waals surface area contributed by atoms with Crippen molar-refractivity contribution in [2.75, 3.05) is 13.2 Å². The maximum Gasteiger partial charge on any atom is 1.00 e. The van der Waals surface area contributed by atoms with E-state index in [4.69, 9.17) is 14.9 Å². The molecule has 0 saturated heterocycles. The molecule has 4 nitrogen and oxygen atoms in total. The van der Waals surface area contributed by atoms with Gasteiger partial charge in [-0.3, -0.25) is 4.79 Å². The molecule has 0 rings (SSSR count). The Labute approximate surface area is 176 Å². The van der Waals surface area contributed by atoms with Gasteiger partial charge in [-0.15, -0.1) is 0 Å². The third-order valence-electron chi connectivity index (χ3n) is 3.94. The SMILES string of the molecule is [CH2-]CCCCCC/C=C\CCCCCCCC(=O)OCC(O)CO.[Na+]. The Hall–Kier alpha value is 0.130. The number of hydrogen-bond donors (Lipinski definition) is 2. The molecule has 0 aromatic rings. The van der Waals surface area contributed by atoms with Crippen LogP contribution in [0.3, 0.4) is 0 Å². The van der Waals surface area contributed by atoms with Gasteiger partial charge in [0, 0.05) is 6.42 Å². The molecular formula is C20H37NaO4. The fourth-order valence-corrected chi connectivity index (χ4v) is 2.40. The van der Waals surface area contributed by atoms with Gasteiger partial charge >= 0.3 is 35.5 Å². The molecule has 0 aromatic heterocycles. The molecule has 0 aliphatic carbocycles. The first-order valence-electron chi connectivity index (χ1n) is 9.59. The zero-order chi connectivity index (χ0) is 17.9. The Balaban J connectivity index is 0. The van der Waals surface area contributed by atoms with Gasteiger partial charge in [0.25, 0.3) is 0 Å². The molecule has 0 aliphatic heterocycles. The number of allylic oxidation sites excluding steroid dienone is 2. The summed E-state index contributed by atoms with van der Waals surface area (Å²) in [5, 5.41) is 17.7. The van der Waals surface area contributed by atoms with Crippen LogP contribution in [0.2, 0.25) is 0 Å². The van der Waals surface area contributed by atoms with E-state index in [1.165, 1.54) is 44.9 Å². The van der Waals surface area contributed by atoms with Gasteiger partial charge in [0.05, 0.1) is 6.61 Å². The van der Waals surface area contributed by atoms with Crippen molar-refractivity contribution in [3.05, 3.63) is 19.1 Å².